The van der Waals surface area contributed by atoms with Crippen molar-refractivity contribution in [1.82, 2.24) is 4.90 Å². The Morgan fingerprint density at radius 2 is 1.68 bits per heavy atom. The average molecular weight is 356 g/mol. The maximum Gasteiger partial charge on any atom is 0.295 e. The number of imide groups is 1. The molecule has 6 heteroatoms. The van der Waals surface area contributed by atoms with Crippen molar-refractivity contribution in [2.45, 2.75) is 31.4 Å². The monoisotopic (exact) mass is 356 g/mol. The summed E-state index contributed by atoms with van der Waals surface area (Å²) in [5.41, 5.74) is 0.664. The standard InChI is InChI=1S/C19H20N2O3S/c1-12-10-20(11-13(2)24-12)18-17(22)21(19(23)25-18)16-9-5-7-14-6-3-4-8-15(14)16/h3-9,12-13,18H,10-11H2,1-2H3. The highest BCUT2D eigenvalue weighted by Crippen LogP contribution is 2.37. The van der Waals surface area contributed by atoms with E-state index in [9.17, 15) is 9.59 Å². The highest BCUT2D eigenvalue weighted by atomic mass is 32.2. The number of carbonyl (C=O) groups is 2. The van der Waals surface area contributed by atoms with E-state index < -0.39 is 5.37 Å². The number of amides is 2. The average Bonchev–Trinajstić information content (AvgIpc) is 2.88. The van der Waals surface area contributed by atoms with E-state index in [1.165, 1.54) is 4.90 Å². The van der Waals surface area contributed by atoms with Crippen LogP contribution in [-0.4, -0.2) is 46.7 Å². The van der Waals surface area contributed by atoms with Gasteiger partial charge >= 0.3 is 0 Å². The summed E-state index contributed by atoms with van der Waals surface area (Å²) in [6, 6.07) is 13.5. The molecule has 2 heterocycles. The zero-order valence-corrected chi connectivity index (χ0v) is 15.0. The number of hydrogen-bond donors (Lipinski definition) is 0. The number of rotatable bonds is 2. The molecule has 2 saturated heterocycles. The molecule has 0 spiro atoms. The predicted octanol–water partition coefficient (Wildman–Crippen LogP) is 3.47. The van der Waals surface area contributed by atoms with Crippen LogP contribution in [0.15, 0.2) is 42.5 Å². The molecule has 2 aromatic rings. The normalized spacial score (nSPS) is 28.1. The number of hydrogen-bond acceptors (Lipinski definition) is 5. The molecule has 2 aliphatic heterocycles. The van der Waals surface area contributed by atoms with Gasteiger partial charge in [0, 0.05) is 18.5 Å². The van der Waals surface area contributed by atoms with Crippen molar-refractivity contribution in [1.29, 1.82) is 0 Å². The third-order valence-corrected chi connectivity index (χ3v) is 5.72. The third kappa shape index (κ3) is 2.94. The van der Waals surface area contributed by atoms with Gasteiger partial charge in [0.1, 0.15) is 5.37 Å². The first kappa shape index (κ1) is 16.6. The van der Waals surface area contributed by atoms with E-state index in [2.05, 4.69) is 4.90 Å². The largest absolute Gasteiger partial charge is 0.373 e. The minimum Gasteiger partial charge on any atom is -0.373 e. The zero-order valence-electron chi connectivity index (χ0n) is 14.2. The Morgan fingerprint density at radius 3 is 2.44 bits per heavy atom. The van der Waals surface area contributed by atoms with E-state index in [1.807, 2.05) is 56.3 Å². The number of morpholine rings is 1. The minimum absolute atomic E-state index is 0.0545. The molecule has 0 saturated carbocycles. The Bertz CT molecular complexity index is 825. The van der Waals surface area contributed by atoms with Crippen molar-refractivity contribution in [3.8, 4) is 0 Å². The second kappa shape index (κ2) is 6.44. The highest BCUT2D eigenvalue weighted by Gasteiger charge is 2.45. The van der Waals surface area contributed by atoms with Crippen molar-refractivity contribution in [3.63, 3.8) is 0 Å². The molecular formula is C19H20N2O3S. The van der Waals surface area contributed by atoms with Gasteiger partial charge in [0.05, 0.1) is 17.9 Å². The van der Waals surface area contributed by atoms with Crippen molar-refractivity contribution >= 4 is 39.4 Å². The molecule has 0 N–H and O–H groups in total. The molecule has 4 rings (SSSR count). The number of thioether (sulfide) groups is 1. The number of carbonyl (C=O) groups excluding carboxylic acids is 2. The van der Waals surface area contributed by atoms with Gasteiger partial charge in [-0.2, -0.15) is 0 Å². The van der Waals surface area contributed by atoms with E-state index in [1.54, 1.807) is 0 Å². The van der Waals surface area contributed by atoms with Crippen LogP contribution in [0.3, 0.4) is 0 Å². The van der Waals surface area contributed by atoms with Gasteiger partial charge in [-0.3, -0.25) is 14.5 Å². The minimum atomic E-state index is -0.472. The first-order valence-corrected chi connectivity index (χ1v) is 9.34. The van der Waals surface area contributed by atoms with Crippen LogP contribution in [0.2, 0.25) is 0 Å². The Balaban J connectivity index is 1.67. The van der Waals surface area contributed by atoms with Crippen LogP contribution >= 0.6 is 11.8 Å². The van der Waals surface area contributed by atoms with Crippen molar-refractivity contribution in [2.24, 2.45) is 0 Å². The van der Waals surface area contributed by atoms with Gasteiger partial charge in [-0.1, -0.05) is 36.4 Å². The lowest BCUT2D eigenvalue weighted by atomic mass is 10.1. The first-order chi connectivity index (χ1) is 12.0. The third-order valence-electron chi connectivity index (χ3n) is 4.61. The van der Waals surface area contributed by atoms with Crippen LogP contribution in [0, 0.1) is 0 Å². The molecule has 0 aromatic heterocycles. The molecule has 2 aliphatic rings. The molecule has 0 bridgehead atoms. The summed E-state index contributed by atoms with van der Waals surface area (Å²) in [6.45, 7) is 5.31. The molecule has 3 unspecified atom stereocenters. The second-order valence-electron chi connectivity index (χ2n) is 6.62. The van der Waals surface area contributed by atoms with Gasteiger partial charge in [0.15, 0.2) is 0 Å². The zero-order chi connectivity index (χ0) is 17.6. The fourth-order valence-electron chi connectivity index (χ4n) is 3.66. The Labute approximate surface area is 150 Å². The fraction of sp³-hybridized carbons (Fsp3) is 0.368. The van der Waals surface area contributed by atoms with Gasteiger partial charge in [0.2, 0.25) is 0 Å². The molecule has 5 nitrogen and oxygen atoms in total. The van der Waals surface area contributed by atoms with Crippen LogP contribution in [0.25, 0.3) is 10.8 Å². The van der Waals surface area contributed by atoms with Crippen molar-refractivity contribution < 1.29 is 14.3 Å². The first-order valence-electron chi connectivity index (χ1n) is 8.46. The summed E-state index contributed by atoms with van der Waals surface area (Å²) in [5.74, 6) is -0.160. The molecule has 0 aliphatic carbocycles. The highest BCUT2D eigenvalue weighted by molar-refractivity contribution is 8.15. The summed E-state index contributed by atoms with van der Waals surface area (Å²) in [7, 11) is 0. The van der Waals surface area contributed by atoms with Gasteiger partial charge in [-0.15, -0.1) is 0 Å². The Morgan fingerprint density at radius 1 is 1.00 bits per heavy atom. The molecule has 2 amide bonds. The van der Waals surface area contributed by atoms with Crippen molar-refractivity contribution in [3.05, 3.63) is 42.5 Å². The van der Waals surface area contributed by atoms with Gasteiger partial charge in [0.25, 0.3) is 11.1 Å². The van der Waals surface area contributed by atoms with E-state index in [-0.39, 0.29) is 23.4 Å². The predicted molar refractivity (Wildman–Crippen MR) is 99.8 cm³/mol. The van der Waals surface area contributed by atoms with Crippen LogP contribution < -0.4 is 4.90 Å². The topological polar surface area (TPSA) is 49.9 Å². The van der Waals surface area contributed by atoms with E-state index in [4.69, 9.17) is 4.74 Å². The summed E-state index contributed by atoms with van der Waals surface area (Å²) in [4.78, 5) is 29.1. The summed E-state index contributed by atoms with van der Waals surface area (Å²) >= 11 is 1.10. The second-order valence-corrected chi connectivity index (χ2v) is 7.65. The molecule has 2 aromatic carbocycles. The lowest BCUT2D eigenvalue weighted by molar-refractivity contribution is -0.124. The van der Waals surface area contributed by atoms with Crippen molar-refractivity contribution in [2.75, 3.05) is 18.0 Å². The molecule has 130 valence electrons. The summed E-state index contributed by atoms with van der Waals surface area (Å²) in [6.07, 6.45) is 0.109. The smallest absolute Gasteiger partial charge is 0.295 e. The molecular weight excluding hydrogens is 336 g/mol. The summed E-state index contributed by atoms with van der Waals surface area (Å²) < 4.78 is 5.75. The molecule has 0 radical (unpaired) electrons. The fourth-order valence-corrected chi connectivity index (χ4v) is 4.67. The maximum absolute atomic E-state index is 13.1. The number of nitrogens with zero attached hydrogens (tertiary/aromatic N) is 2. The van der Waals surface area contributed by atoms with Gasteiger partial charge < -0.3 is 4.74 Å². The van der Waals surface area contributed by atoms with Crippen LogP contribution in [0.4, 0.5) is 10.5 Å². The molecule has 25 heavy (non-hydrogen) atoms. The van der Waals surface area contributed by atoms with E-state index in [0.717, 1.165) is 22.5 Å². The molecule has 2 fully saturated rings. The summed E-state index contributed by atoms with van der Waals surface area (Å²) in [5, 5.41) is 1.25. The maximum atomic E-state index is 13.1. The number of benzene rings is 2. The Hall–Kier alpha value is -1.89. The van der Waals surface area contributed by atoms with Gasteiger partial charge in [-0.05, 0) is 37.1 Å². The number of anilines is 1. The lowest BCUT2D eigenvalue weighted by Crippen LogP contribution is -2.51. The Kier molecular flexibility index (Phi) is 4.27. The number of ether oxygens (including phenoxy) is 1. The van der Waals surface area contributed by atoms with E-state index >= 15 is 0 Å². The lowest BCUT2D eigenvalue weighted by Gasteiger charge is -2.37. The number of fused-ring (bicyclic) bond motifs is 1. The SMILES string of the molecule is CC1CN(C2SC(=O)N(c3cccc4ccccc34)C2=O)CC(C)O1. The van der Waals surface area contributed by atoms with Crippen LogP contribution in [0.5, 0.6) is 0 Å². The molecule has 3 atom stereocenters. The van der Waals surface area contributed by atoms with E-state index in [0.29, 0.717) is 18.8 Å². The quantitative estimate of drug-likeness (QED) is 0.825. The van der Waals surface area contributed by atoms with Crippen LogP contribution in [0.1, 0.15) is 13.8 Å². The van der Waals surface area contributed by atoms with Gasteiger partial charge in [-0.25, -0.2) is 4.90 Å². The van der Waals surface area contributed by atoms with Crippen LogP contribution in [-0.2, 0) is 9.53 Å².